The fourth-order valence-electron chi connectivity index (χ4n) is 3.30. The SMILES string of the molecule is CC(C)COC(=O)C1=CC(=O)C(C(=O)OCC(C)C)=C(S(=O)(=O)c2ccc3ccccc3c2)C1=O. The van der Waals surface area contributed by atoms with Gasteiger partial charge in [0, 0.05) is 6.08 Å². The Labute approximate surface area is 203 Å². The molecule has 0 bridgehead atoms. The van der Waals surface area contributed by atoms with Crippen LogP contribution in [0.3, 0.4) is 0 Å². The zero-order valence-corrected chi connectivity index (χ0v) is 20.7. The van der Waals surface area contributed by atoms with Gasteiger partial charge < -0.3 is 9.47 Å². The number of carbonyl (C=O) groups excluding carboxylic acids is 4. The monoisotopic (exact) mass is 498 g/mol. The highest BCUT2D eigenvalue weighted by atomic mass is 32.2. The highest BCUT2D eigenvalue weighted by molar-refractivity contribution is 7.96. The molecule has 0 aromatic heterocycles. The Balaban J connectivity index is 2.16. The van der Waals surface area contributed by atoms with Crippen molar-refractivity contribution < 1.29 is 37.1 Å². The highest BCUT2D eigenvalue weighted by Gasteiger charge is 2.43. The lowest BCUT2D eigenvalue weighted by Crippen LogP contribution is -2.33. The van der Waals surface area contributed by atoms with Crippen molar-refractivity contribution in [2.24, 2.45) is 11.8 Å². The van der Waals surface area contributed by atoms with E-state index in [0.29, 0.717) is 11.5 Å². The number of allylic oxidation sites excluding steroid dienone is 2. The summed E-state index contributed by atoms with van der Waals surface area (Å²) in [5, 5.41) is 1.32. The van der Waals surface area contributed by atoms with Gasteiger partial charge in [0.15, 0.2) is 5.78 Å². The van der Waals surface area contributed by atoms with Crippen LogP contribution < -0.4 is 0 Å². The minimum Gasteiger partial charge on any atom is -0.462 e. The molecule has 0 saturated heterocycles. The molecule has 0 spiro atoms. The van der Waals surface area contributed by atoms with Crippen molar-refractivity contribution in [3.05, 3.63) is 64.6 Å². The number of carbonyl (C=O) groups is 4. The molecule has 0 fully saturated rings. The van der Waals surface area contributed by atoms with E-state index in [2.05, 4.69) is 0 Å². The third-order valence-corrected chi connectivity index (χ3v) is 6.82. The number of hydrogen-bond donors (Lipinski definition) is 0. The number of fused-ring (bicyclic) bond motifs is 1. The van der Waals surface area contributed by atoms with Gasteiger partial charge in [-0.3, -0.25) is 9.59 Å². The van der Waals surface area contributed by atoms with E-state index in [1.54, 1.807) is 58.0 Å². The van der Waals surface area contributed by atoms with Crippen molar-refractivity contribution in [3.8, 4) is 0 Å². The second-order valence-corrected chi connectivity index (χ2v) is 10.8. The van der Waals surface area contributed by atoms with Crippen LogP contribution in [0.1, 0.15) is 27.7 Å². The Bertz CT molecular complexity index is 1380. The number of ketones is 2. The average Bonchev–Trinajstić information content (AvgIpc) is 2.81. The predicted molar refractivity (Wildman–Crippen MR) is 128 cm³/mol. The molecule has 0 saturated carbocycles. The lowest BCUT2D eigenvalue weighted by atomic mass is 9.96. The largest absolute Gasteiger partial charge is 0.462 e. The molecule has 0 aliphatic heterocycles. The summed E-state index contributed by atoms with van der Waals surface area (Å²) in [4.78, 5) is 50.2. The summed E-state index contributed by atoms with van der Waals surface area (Å²) < 4.78 is 37.4. The van der Waals surface area contributed by atoms with E-state index in [4.69, 9.17) is 9.47 Å². The maximum atomic E-state index is 13.7. The second-order valence-electron chi connectivity index (χ2n) is 8.95. The molecule has 8 nitrogen and oxygen atoms in total. The minimum atomic E-state index is -4.71. The molecule has 184 valence electrons. The summed E-state index contributed by atoms with van der Waals surface area (Å²) in [5.74, 6) is -4.96. The minimum absolute atomic E-state index is 0.0442. The summed E-state index contributed by atoms with van der Waals surface area (Å²) in [6.45, 7) is 6.91. The molecule has 0 heterocycles. The van der Waals surface area contributed by atoms with E-state index in [-0.39, 0.29) is 29.9 Å². The zero-order valence-electron chi connectivity index (χ0n) is 19.9. The molecule has 3 rings (SSSR count). The van der Waals surface area contributed by atoms with Crippen molar-refractivity contribution >= 4 is 44.1 Å². The van der Waals surface area contributed by atoms with Crippen molar-refractivity contribution in [1.82, 2.24) is 0 Å². The van der Waals surface area contributed by atoms with E-state index < -0.39 is 49.4 Å². The number of ether oxygens (including phenoxy) is 2. The first-order valence-corrected chi connectivity index (χ1v) is 12.5. The molecule has 1 aliphatic rings. The highest BCUT2D eigenvalue weighted by Crippen LogP contribution is 2.32. The number of benzene rings is 2. The molecule has 0 N–H and O–H groups in total. The Kier molecular flexibility index (Phi) is 7.70. The van der Waals surface area contributed by atoms with Gasteiger partial charge in [0.2, 0.25) is 15.6 Å². The van der Waals surface area contributed by atoms with Gasteiger partial charge in [-0.05, 0) is 34.7 Å². The molecule has 2 aromatic carbocycles. The number of Topliss-reactive ketones (excluding diaryl/α,β-unsaturated/α-hetero) is 1. The topological polar surface area (TPSA) is 121 Å². The van der Waals surface area contributed by atoms with Gasteiger partial charge in [-0.15, -0.1) is 0 Å². The molecule has 1 aliphatic carbocycles. The van der Waals surface area contributed by atoms with Crippen molar-refractivity contribution in [1.29, 1.82) is 0 Å². The second kappa shape index (κ2) is 10.4. The van der Waals surface area contributed by atoms with Crippen LogP contribution in [0.5, 0.6) is 0 Å². The first-order valence-electron chi connectivity index (χ1n) is 11.1. The normalized spacial score (nSPS) is 14.5. The van der Waals surface area contributed by atoms with Gasteiger partial charge in [0.1, 0.15) is 16.1 Å². The lowest BCUT2D eigenvalue weighted by Gasteiger charge is -2.19. The Morgan fingerprint density at radius 3 is 2.00 bits per heavy atom. The van der Waals surface area contributed by atoms with Gasteiger partial charge in [-0.2, -0.15) is 0 Å². The predicted octanol–water partition coefficient (Wildman–Crippen LogP) is 3.34. The number of sulfone groups is 1. The third kappa shape index (κ3) is 5.57. The van der Waals surface area contributed by atoms with E-state index >= 15 is 0 Å². The van der Waals surface area contributed by atoms with Crippen LogP contribution >= 0.6 is 0 Å². The van der Waals surface area contributed by atoms with Crippen LogP contribution in [-0.2, 0) is 38.5 Å². The van der Waals surface area contributed by atoms with Gasteiger partial charge >= 0.3 is 11.9 Å². The van der Waals surface area contributed by atoms with Gasteiger partial charge in [-0.25, -0.2) is 18.0 Å². The lowest BCUT2D eigenvalue weighted by molar-refractivity contribution is -0.143. The van der Waals surface area contributed by atoms with Crippen LogP contribution in [0.4, 0.5) is 0 Å². The van der Waals surface area contributed by atoms with Crippen LogP contribution in [0.25, 0.3) is 10.8 Å². The van der Waals surface area contributed by atoms with Gasteiger partial charge in [0.05, 0.1) is 18.1 Å². The van der Waals surface area contributed by atoms with E-state index in [1.165, 1.54) is 12.1 Å². The van der Waals surface area contributed by atoms with Crippen LogP contribution in [-0.4, -0.2) is 45.1 Å². The van der Waals surface area contributed by atoms with Crippen LogP contribution in [0.2, 0.25) is 0 Å². The summed E-state index contributed by atoms with van der Waals surface area (Å²) in [5.41, 5.74) is -1.68. The van der Waals surface area contributed by atoms with Crippen molar-refractivity contribution in [2.75, 3.05) is 13.2 Å². The smallest absolute Gasteiger partial charge is 0.343 e. The molecule has 0 radical (unpaired) electrons. The van der Waals surface area contributed by atoms with E-state index in [1.807, 2.05) is 0 Å². The molecule has 9 heteroatoms. The first-order chi connectivity index (χ1) is 16.4. The van der Waals surface area contributed by atoms with Gasteiger partial charge in [-0.1, -0.05) is 58.0 Å². The summed E-state index contributed by atoms with van der Waals surface area (Å²) in [6.07, 6.45) is 0.635. The number of rotatable bonds is 8. The average molecular weight is 499 g/mol. The van der Waals surface area contributed by atoms with Gasteiger partial charge in [0.25, 0.3) is 0 Å². The van der Waals surface area contributed by atoms with Crippen LogP contribution in [0.15, 0.2) is 69.5 Å². The molecular formula is C26H26O8S. The summed E-state index contributed by atoms with van der Waals surface area (Å²) in [7, 11) is -4.71. The number of hydrogen-bond acceptors (Lipinski definition) is 8. The van der Waals surface area contributed by atoms with E-state index in [9.17, 15) is 27.6 Å². The Hall–Kier alpha value is -3.59. The summed E-state index contributed by atoms with van der Waals surface area (Å²) >= 11 is 0. The fraction of sp³-hybridized carbons (Fsp3) is 0.308. The molecular weight excluding hydrogens is 472 g/mol. The molecule has 0 atom stereocenters. The number of esters is 2. The first kappa shape index (κ1) is 26.0. The molecule has 0 unspecified atom stereocenters. The quantitative estimate of drug-likeness (QED) is 0.309. The molecule has 0 amide bonds. The Morgan fingerprint density at radius 2 is 1.40 bits per heavy atom. The fourth-order valence-corrected chi connectivity index (χ4v) is 4.88. The van der Waals surface area contributed by atoms with Crippen molar-refractivity contribution in [2.45, 2.75) is 32.6 Å². The Morgan fingerprint density at radius 1 is 0.829 bits per heavy atom. The maximum Gasteiger partial charge on any atom is 0.343 e. The maximum absolute atomic E-state index is 13.7. The third-order valence-electron chi connectivity index (χ3n) is 5.02. The van der Waals surface area contributed by atoms with E-state index in [0.717, 1.165) is 5.39 Å². The van der Waals surface area contributed by atoms with Crippen LogP contribution in [0, 0.1) is 11.8 Å². The molecule has 2 aromatic rings. The zero-order chi connectivity index (χ0) is 25.9. The summed E-state index contributed by atoms with van der Waals surface area (Å²) in [6, 6.07) is 11.1. The standard InChI is InChI=1S/C26H26O8S/c1-15(2)13-33-25(29)20-12-21(27)22(26(30)34-14-16(3)4)24(23(20)28)35(31,32)19-10-9-17-7-5-6-8-18(17)11-19/h5-12,15-16H,13-14H2,1-4H3. The molecule has 35 heavy (non-hydrogen) atoms. The van der Waals surface area contributed by atoms with Crippen molar-refractivity contribution in [3.63, 3.8) is 0 Å².